The second kappa shape index (κ2) is 4.70. The van der Waals surface area contributed by atoms with Gasteiger partial charge in [0.25, 0.3) is 0 Å². The van der Waals surface area contributed by atoms with Crippen molar-refractivity contribution in [3.63, 3.8) is 0 Å². The molecule has 0 unspecified atom stereocenters. The van der Waals surface area contributed by atoms with Crippen LogP contribution in [0.4, 0.5) is 13.2 Å². The van der Waals surface area contributed by atoms with Crippen molar-refractivity contribution in [2.45, 2.75) is 6.18 Å². The second-order valence-electron chi connectivity index (χ2n) is 2.77. The van der Waals surface area contributed by atoms with E-state index < -0.39 is 12.8 Å². The Labute approximate surface area is 93.7 Å². The zero-order chi connectivity index (χ0) is 11.5. The third-order valence-electron chi connectivity index (χ3n) is 1.60. The molecule has 0 spiro atoms. The minimum absolute atomic E-state index is 0.157. The van der Waals surface area contributed by atoms with Crippen LogP contribution in [0.15, 0.2) is 29.3 Å². The summed E-state index contributed by atoms with van der Waals surface area (Å²) in [5, 5.41) is 0. The van der Waals surface area contributed by atoms with Crippen LogP contribution >= 0.6 is 15.9 Å². The highest BCUT2D eigenvalue weighted by atomic mass is 79.9. The first-order chi connectivity index (χ1) is 6.94. The predicted octanol–water partition coefficient (Wildman–Crippen LogP) is 4.03. The lowest BCUT2D eigenvalue weighted by molar-refractivity contribution is -0.153. The number of benzene rings is 1. The van der Waals surface area contributed by atoms with E-state index in [9.17, 15) is 13.2 Å². The average Bonchev–Trinajstić information content (AvgIpc) is 2.14. The number of hydrogen-bond acceptors (Lipinski definition) is 1. The second-order valence-corrected chi connectivity index (χ2v) is 3.62. The van der Waals surface area contributed by atoms with E-state index in [1.165, 1.54) is 6.08 Å². The fraction of sp³-hybridized carbons (Fsp3) is 0.200. The van der Waals surface area contributed by atoms with Gasteiger partial charge in [-0.3, -0.25) is 0 Å². The van der Waals surface area contributed by atoms with Crippen LogP contribution < -0.4 is 4.74 Å². The smallest absolute Gasteiger partial charge is 0.422 e. The molecule has 0 N–H and O–H groups in total. The van der Waals surface area contributed by atoms with Crippen LogP contribution in [0.2, 0.25) is 0 Å². The quantitative estimate of drug-likeness (QED) is 0.812. The first-order valence-electron chi connectivity index (χ1n) is 4.04. The van der Waals surface area contributed by atoms with Gasteiger partial charge in [-0.25, -0.2) is 0 Å². The van der Waals surface area contributed by atoms with Gasteiger partial charge in [0.15, 0.2) is 6.61 Å². The zero-order valence-corrected chi connectivity index (χ0v) is 9.23. The Kier molecular flexibility index (Phi) is 3.79. The summed E-state index contributed by atoms with van der Waals surface area (Å²) in [5.41, 5.74) is 0.522. The molecule has 1 aromatic rings. The molecule has 0 fully saturated rings. The van der Waals surface area contributed by atoms with Crippen molar-refractivity contribution in [1.82, 2.24) is 0 Å². The molecule has 1 aromatic carbocycles. The normalized spacial score (nSPS) is 11.2. The number of rotatable bonds is 3. The van der Waals surface area contributed by atoms with Crippen molar-refractivity contribution < 1.29 is 17.9 Å². The first-order valence-corrected chi connectivity index (χ1v) is 4.84. The van der Waals surface area contributed by atoms with E-state index in [0.717, 1.165) is 0 Å². The van der Waals surface area contributed by atoms with E-state index in [1.54, 1.807) is 18.2 Å². The van der Waals surface area contributed by atoms with E-state index in [1.807, 2.05) is 0 Å². The maximum Gasteiger partial charge on any atom is 0.422 e. The van der Waals surface area contributed by atoms with Crippen LogP contribution in [0.5, 0.6) is 5.75 Å². The minimum Gasteiger partial charge on any atom is -0.482 e. The van der Waals surface area contributed by atoms with Gasteiger partial charge in [0.1, 0.15) is 5.75 Å². The van der Waals surface area contributed by atoms with Crippen LogP contribution in [0.1, 0.15) is 5.56 Å². The number of ether oxygens (including phenoxy) is 1. The molecule has 0 amide bonds. The molecule has 1 nitrogen and oxygen atoms in total. The molecule has 0 aromatic heterocycles. The molecule has 0 aliphatic carbocycles. The Morgan fingerprint density at radius 3 is 2.60 bits per heavy atom. The highest BCUT2D eigenvalue weighted by Crippen LogP contribution is 2.31. The highest BCUT2D eigenvalue weighted by molar-refractivity contribution is 9.10. The lowest BCUT2D eigenvalue weighted by Gasteiger charge is -2.12. The van der Waals surface area contributed by atoms with Gasteiger partial charge < -0.3 is 4.74 Å². The van der Waals surface area contributed by atoms with Gasteiger partial charge >= 0.3 is 6.18 Å². The summed E-state index contributed by atoms with van der Waals surface area (Å²) < 4.78 is 41.0. The molecule has 0 heterocycles. The SMILES string of the molecule is C=Cc1cccc(Br)c1OCC(F)(F)F. The summed E-state index contributed by atoms with van der Waals surface area (Å²) in [4.78, 5) is 0. The molecule has 82 valence electrons. The molecular weight excluding hydrogens is 273 g/mol. The predicted molar refractivity (Wildman–Crippen MR) is 55.8 cm³/mol. The standard InChI is InChI=1S/C10H8BrF3O/c1-2-7-4-3-5-8(11)9(7)15-6-10(12,13)14/h2-5H,1,6H2. The Morgan fingerprint density at radius 1 is 1.40 bits per heavy atom. The zero-order valence-electron chi connectivity index (χ0n) is 7.64. The average molecular weight is 281 g/mol. The monoisotopic (exact) mass is 280 g/mol. The van der Waals surface area contributed by atoms with Gasteiger partial charge in [-0.05, 0) is 22.0 Å². The molecule has 5 heteroatoms. The number of alkyl halides is 3. The van der Waals surface area contributed by atoms with E-state index in [2.05, 4.69) is 27.2 Å². The van der Waals surface area contributed by atoms with Crippen molar-refractivity contribution in [3.8, 4) is 5.75 Å². The molecule has 0 aliphatic rings. The van der Waals surface area contributed by atoms with E-state index >= 15 is 0 Å². The van der Waals surface area contributed by atoms with Crippen molar-refractivity contribution in [2.75, 3.05) is 6.61 Å². The molecule has 0 aliphatic heterocycles. The van der Waals surface area contributed by atoms with Gasteiger partial charge in [0.2, 0.25) is 0 Å². The summed E-state index contributed by atoms with van der Waals surface area (Å²) in [5.74, 6) is 0.157. The van der Waals surface area contributed by atoms with E-state index in [4.69, 9.17) is 0 Å². The van der Waals surface area contributed by atoms with Crippen LogP contribution in [0, 0.1) is 0 Å². The topological polar surface area (TPSA) is 9.23 Å². The van der Waals surface area contributed by atoms with Crippen molar-refractivity contribution in [1.29, 1.82) is 0 Å². The van der Waals surface area contributed by atoms with E-state index in [-0.39, 0.29) is 5.75 Å². The lowest BCUT2D eigenvalue weighted by Crippen LogP contribution is -2.19. The summed E-state index contributed by atoms with van der Waals surface area (Å²) in [6.07, 6.45) is -2.90. The van der Waals surface area contributed by atoms with Crippen LogP contribution in [0.25, 0.3) is 6.08 Å². The molecule has 0 saturated heterocycles. The Hall–Kier alpha value is -0.970. The molecular formula is C10H8BrF3O. The maximum atomic E-state index is 11.9. The molecule has 0 bridgehead atoms. The minimum atomic E-state index is -4.34. The van der Waals surface area contributed by atoms with Gasteiger partial charge in [-0.1, -0.05) is 24.8 Å². The summed E-state index contributed by atoms with van der Waals surface area (Å²) in [7, 11) is 0. The highest BCUT2D eigenvalue weighted by Gasteiger charge is 2.29. The number of halogens is 4. The summed E-state index contributed by atoms with van der Waals surface area (Å²) in [6.45, 7) is 2.19. The van der Waals surface area contributed by atoms with Gasteiger partial charge in [-0.15, -0.1) is 0 Å². The largest absolute Gasteiger partial charge is 0.482 e. The van der Waals surface area contributed by atoms with Crippen molar-refractivity contribution in [3.05, 3.63) is 34.8 Å². The molecule has 0 radical (unpaired) electrons. The fourth-order valence-electron chi connectivity index (χ4n) is 0.993. The van der Waals surface area contributed by atoms with Crippen LogP contribution in [-0.2, 0) is 0 Å². The molecule has 0 saturated carbocycles. The van der Waals surface area contributed by atoms with E-state index in [0.29, 0.717) is 10.0 Å². The van der Waals surface area contributed by atoms with Gasteiger partial charge in [0, 0.05) is 5.56 Å². The Bertz CT molecular complexity index is 360. The number of hydrogen-bond donors (Lipinski definition) is 0. The number of para-hydroxylation sites is 1. The van der Waals surface area contributed by atoms with Gasteiger partial charge in [-0.2, -0.15) is 13.2 Å². The molecule has 0 atom stereocenters. The Morgan fingerprint density at radius 2 is 2.07 bits per heavy atom. The fourth-order valence-corrected chi connectivity index (χ4v) is 1.49. The summed E-state index contributed by atoms with van der Waals surface area (Å²) in [6, 6.07) is 4.93. The Balaban J connectivity index is 2.88. The third kappa shape index (κ3) is 3.58. The first kappa shape index (κ1) is 12.1. The molecule has 1 rings (SSSR count). The van der Waals surface area contributed by atoms with Crippen LogP contribution in [-0.4, -0.2) is 12.8 Å². The van der Waals surface area contributed by atoms with Crippen LogP contribution in [0.3, 0.4) is 0 Å². The van der Waals surface area contributed by atoms with Crippen molar-refractivity contribution >= 4 is 22.0 Å². The summed E-state index contributed by atoms with van der Waals surface area (Å²) >= 11 is 3.12. The molecule has 15 heavy (non-hydrogen) atoms. The maximum absolute atomic E-state index is 11.9. The lowest BCUT2D eigenvalue weighted by atomic mass is 10.2. The van der Waals surface area contributed by atoms with Gasteiger partial charge in [0.05, 0.1) is 4.47 Å². The van der Waals surface area contributed by atoms with Crippen molar-refractivity contribution in [2.24, 2.45) is 0 Å². The third-order valence-corrected chi connectivity index (χ3v) is 2.22.